The highest BCUT2D eigenvalue weighted by Gasteiger charge is 2.17. The summed E-state index contributed by atoms with van der Waals surface area (Å²) in [6, 6.07) is 0. The van der Waals surface area contributed by atoms with Crippen molar-refractivity contribution in [3.05, 3.63) is 0 Å². The number of likely N-dealkylation sites (N-methyl/N-ethyl adjacent to an activating group) is 1. The highest BCUT2D eigenvalue weighted by Crippen LogP contribution is 2.06. The Morgan fingerprint density at radius 1 is 1.00 bits per heavy atom. The van der Waals surface area contributed by atoms with Gasteiger partial charge in [0.05, 0.1) is 12.2 Å². The van der Waals surface area contributed by atoms with E-state index in [-0.39, 0.29) is 0 Å². The summed E-state index contributed by atoms with van der Waals surface area (Å²) in [5, 5.41) is 19.3. The van der Waals surface area contributed by atoms with Crippen molar-refractivity contribution in [2.24, 2.45) is 0 Å². The normalized spacial score (nSPS) is 15.9. The summed E-state index contributed by atoms with van der Waals surface area (Å²) in [5.41, 5.74) is 0. The van der Waals surface area contributed by atoms with Crippen LogP contribution in [0.2, 0.25) is 0 Å². The Labute approximate surface area is 87.7 Å². The average Bonchev–Trinajstić information content (AvgIpc) is 2.21. The largest absolute Gasteiger partial charge is 0.390 e. The number of hydrogen-bond acceptors (Lipinski definition) is 3. The van der Waals surface area contributed by atoms with E-state index in [1.807, 2.05) is 0 Å². The third-order valence-electron chi connectivity index (χ3n) is 2.64. The fourth-order valence-corrected chi connectivity index (χ4v) is 1.47. The van der Waals surface area contributed by atoms with E-state index < -0.39 is 12.2 Å². The molecule has 0 aromatic rings. The van der Waals surface area contributed by atoms with E-state index in [9.17, 15) is 10.2 Å². The molecule has 2 atom stereocenters. The van der Waals surface area contributed by atoms with Gasteiger partial charge in [-0.3, -0.25) is 0 Å². The van der Waals surface area contributed by atoms with Crippen LogP contribution in [-0.4, -0.2) is 47.0 Å². The zero-order valence-electron chi connectivity index (χ0n) is 9.74. The van der Waals surface area contributed by atoms with E-state index in [4.69, 9.17) is 0 Å². The second-order valence-electron chi connectivity index (χ2n) is 3.76. The van der Waals surface area contributed by atoms with E-state index in [0.29, 0.717) is 13.0 Å². The first-order valence-electron chi connectivity index (χ1n) is 5.74. The molecule has 0 aliphatic heterocycles. The summed E-state index contributed by atoms with van der Waals surface area (Å²) >= 11 is 0. The van der Waals surface area contributed by atoms with Gasteiger partial charge < -0.3 is 15.1 Å². The van der Waals surface area contributed by atoms with Crippen LogP contribution in [0.5, 0.6) is 0 Å². The third-order valence-corrected chi connectivity index (χ3v) is 2.64. The topological polar surface area (TPSA) is 43.7 Å². The van der Waals surface area contributed by atoms with Crippen molar-refractivity contribution in [3.8, 4) is 0 Å². The first-order valence-corrected chi connectivity index (χ1v) is 5.74. The average molecular weight is 203 g/mol. The lowest BCUT2D eigenvalue weighted by Gasteiger charge is -2.25. The molecular weight excluding hydrogens is 178 g/mol. The Hall–Kier alpha value is -0.120. The number of nitrogens with zero attached hydrogens (tertiary/aromatic N) is 1. The summed E-state index contributed by atoms with van der Waals surface area (Å²) < 4.78 is 0. The predicted octanol–water partition coefficient (Wildman–Crippen LogP) is 1.24. The van der Waals surface area contributed by atoms with Crippen molar-refractivity contribution in [1.29, 1.82) is 0 Å². The van der Waals surface area contributed by atoms with Crippen molar-refractivity contribution < 1.29 is 10.2 Å². The number of hydrogen-bond donors (Lipinski definition) is 2. The van der Waals surface area contributed by atoms with Crippen molar-refractivity contribution in [2.75, 3.05) is 19.6 Å². The molecule has 0 aromatic carbocycles. The molecule has 0 rings (SSSR count). The standard InChI is InChI=1S/C11H25NO2/c1-4-7-8-10(13)11(14)9-12(5-2)6-3/h10-11,13-14H,4-9H2,1-3H3. The van der Waals surface area contributed by atoms with Gasteiger partial charge in [-0.05, 0) is 19.5 Å². The molecule has 3 heteroatoms. The summed E-state index contributed by atoms with van der Waals surface area (Å²) in [6.45, 7) is 8.65. The fraction of sp³-hybridized carbons (Fsp3) is 1.00. The molecule has 2 unspecified atom stereocenters. The molecule has 0 amide bonds. The van der Waals surface area contributed by atoms with Crippen LogP contribution in [0.1, 0.15) is 40.0 Å². The minimum Gasteiger partial charge on any atom is -0.390 e. The molecule has 0 radical (unpaired) electrons. The van der Waals surface area contributed by atoms with Crippen LogP contribution in [0, 0.1) is 0 Å². The Morgan fingerprint density at radius 3 is 2.00 bits per heavy atom. The van der Waals surface area contributed by atoms with Crippen molar-refractivity contribution >= 4 is 0 Å². The van der Waals surface area contributed by atoms with Gasteiger partial charge in [-0.25, -0.2) is 0 Å². The summed E-state index contributed by atoms with van der Waals surface area (Å²) in [7, 11) is 0. The highest BCUT2D eigenvalue weighted by atomic mass is 16.3. The first kappa shape index (κ1) is 13.9. The fourth-order valence-electron chi connectivity index (χ4n) is 1.47. The van der Waals surface area contributed by atoms with E-state index in [1.165, 1.54) is 0 Å². The zero-order valence-corrected chi connectivity index (χ0v) is 9.74. The van der Waals surface area contributed by atoms with E-state index >= 15 is 0 Å². The molecule has 0 aromatic heterocycles. The van der Waals surface area contributed by atoms with E-state index in [1.54, 1.807) is 0 Å². The molecule has 86 valence electrons. The summed E-state index contributed by atoms with van der Waals surface area (Å²) in [4.78, 5) is 2.12. The Morgan fingerprint density at radius 2 is 1.57 bits per heavy atom. The van der Waals surface area contributed by atoms with Gasteiger partial charge in [0.2, 0.25) is 0 Å². The lowest BCUT2D eigenvalue weighted by atomic mass is 10.1. The summed E-state index contributed by atoms with van der Waals surface area (Å²) in [5.74, 6) is 0. The van der Waals surface area contributed by atoms with Crippen LogP contribution >= 0.6 is 0 Å². The van der Waals surface area contributed by atoms with Gasteiger partial charge in [0.1, 0.15) is 0 Å². The quantitative estimate of drug-likeness (QED) is 0.624. The molecule has 0 bridgehead atoms. The SMILES string of the molecule is CCCCC(O)C(O)CN(CC)CC. The van der Waals surface area contributed by atoms with Gasteiger partial charge in [-0.15, -0.1) is 0 Å². The molecule has 0 spiro atoms. The summed E-state index contributed by atoms with van der Waals surface area (Å²) in [6.07, 6.45) is 1.60. The minimum atomic E-state index is -0.596. The number of aliphatic hydroxyl groups excluding tert-OH is 2. The van der Waals surface area contributed by atoms with Crippen molar-refractivity contribution in [2.45, 2.75) is 52.2 Å². The zero-order chi connectivity index (χ0) is 11.0. The van der Waals surface area contributed by atoms with Gasteiger partial charge in [-0.1, -0.05) is 33.6 Å². The smallest absolute Gasteiger partial charge is 0.0925 e. The molecule has 0 aliphatic rings. The Balaban J connectivity index is 3.74. The maximum Gasteiger partial charge on any atom is 0.0925 e. The Kier molecular flexibility index (Phi) is 8.14. The number of aliphatic hydroxyl groups is 2. The second kappa shape index (κ2) is 8.21. The molecule has 0 fully saturated rings. The number of rotatable bonds is 8. The molecule has 0 saturated carbocycles. The van der Waals surface area contributed by atoms with Gasteiger partial charge in [-0.2, -0.15) is 0 Å². The van der Waals surface area contributed by atoms with Crippen LogP contribution in [0.3, 0.4) is 0 Å². The molecular formula is C11H25NO2. The molecule has 0 heterocycles. The molecule has 2 N–H and O–H groups in total. The molecule has 0 saturated heterocycles. The maximum atomic E-state index is 9.69. The van der Waals surface area contributed by atoms with Crippen LogP contribution in [0.4, 0.5) is 0 Å². The predicted molar refractivity (Wildman–Crippen MR) is 59.3 cm³/mol. The minimum absolute atomic E-state index is 0.560. The van der Waals surface area contributed by atoms with Gasteiger partial charge in [0, 0.05) is 6.54 Å². The molecule has 14 heavy (non-hydrogen) atoms. The van der Waals surface area contributed by atoms with Gasteiger partial charge in [0.15, 0.2) is 0 Å². The van der Waals surface area contributed by atoms with E-state index in [0.717, 1.165) is 25.9 Å². The Bertz CT molecular complexity index is 126. The van der Waals surface area contributed by atoms with E-state index in [2.05, 4.69) is 25.7 Å². The first-order chi connectivity index (χ1) is 6.65. The lowest BCUT2D eigenvalue weighted by molar-refractivity contribution is -0.00565. The van der Waals surface area contributed by atoms with Crippen molar-refractivity contribution in [3.63, 3.8) is 0 Å². The van der Waals surface area contributed by atoms with Crippen LogP contribution < -0.4 is 0 Å². The molecule has 3 nitrogen and oxygen atoms in total. The number of unbranched alkanes of at least 4 members (excludes halogenated alkanes) is 1. The third kappa shape index (κ3) is 5.58. The molecule has 0 aliphatic carbocycles. The van der Waals surface area contributed by atoms with Crippen molar-refractivity contribution in [1.82, 2.24) is 4.90 Å². The van der Waals surface area contributed by atoms with Gasteiger partial charge in [0.25, 0.3) is 0 Å². The highest BCUT2D eigenvalue weighted by molar-refractivity contribution is 4.70. The van der Waals surface area contributed by atoms with Gasteiger partial charge >= 0.3 is 0 Å². The van der Waals surface area contributed by atoms with Crippen LogP contribution in [0.25, 0.3) is 0 Å². The maximum absolute atomic E-state index is 9.69. The van der Waals surface area contributed by atoms with Crippen LogP contribution in [-0.2, 0) is 0 Å². The second-order valence-corrected chi connectivity index (χ2v) is 3.76. The monoisotopic (exact) mass is 203 g/mol. The van der Waals surface area contributed by atoms with Crippen LogP contribution in [0.15, 0.2) is 0 Å². The lowest BCUT2D eigenvalue weighted by Crippen LogP contribution is -2.39.